The number of para-hydroxylation sites is 1. The number of halogens is 1. The highest BCUT2D eigenvalue weighted by Gasteiger charge is 2.50. The fraction of sp³-hybridized carbons (Fsp3) is 0.300. The Morgan fingerprint density at radius 1 is 1.23 bits per heavy atom. The third-order valence-electron chi connectivity index (χ3n) is 4.79. The van der Waals surface area contributed by atoms with E-state index in [1.54, 1.807) is 35.2 Å². The molecular weight excluding hydrogens is 448 g/mol. The van der Waals surface area contributed by atoms with Gasteiger partial charge >= 0.3 is 0 Å². The summed E-state index contributed by atoms with van der Waals surface area (Å²) < 4.78 is 35.3. The van der Waals surface area contributed by atoms with E-state index in [-0.39, 0.29) is 29.4 Å². The van der Waals surface area contributed by atoms with Crippen molar-refractivity contribution in [3.63, 3.8) is 0 Å². The molecule has 0 saturated carbocycles. The monoisotopic (exact) mass is 466 g/mol. The second kappa shape index (κ2) is 8.49. The Morgan fingerprint density at radius 2 is 2.00 bits per heavy atom. The minimum Gasteiger partial charge on any atom is -0.495 e. The van der Waals surface area contributed by atoms with Crippen LogP contribution in [0.5, 0.6) is 11.5 Å². The quantitative estimate of drug-likeness (QED) is 0.669. The van der Waals surface area contributed by atoms with Gasteiger partial charge in [0.2, 0.25) is 0 Å². The van der Waals surface area contributed by atoms with Crippen LogP contribution >= 0.6 is 23.4 Å². The summed E-state index contributed by atoms with van der Waals surface area (Å²) in [5, 5.41) is 0.667. The number of aliphatic imine (C=N–C) groups is 1. The summed E-state index contributed by atoms with van der Waals surface area (Å²) in [4.78, 5) is 18.5. The van der Waals surface area contributed by atoms with Crippen LogP contribution in [0.3, 0.4) is 0 Å². The summed E-state index contributed by atoms with van der Waals surface area (Å²) in [7, 11) is -1.65. The molecule has 0 N–H and O–H groups in total. The van der Waals surface area contributed by atoms with Gasteiger partial charge in [-0.2, -0.15) is 4.99 Å². The van der Waals surface area contributed by atoms with Gasteiger partial charge in [-0.1, -0.05) is 41.6 Å². The lowest BCUT2D eigenvalue weighted by molar-refractivity contribution is -0.119. The van der Waals surface area contributed by atoms with Crippen LogP contribution in [0.2, 0.25) is 5.02 Å². The predicted octanol–water partition coefficient (Wildman–Crippen LogP) is 3.03. The number of carbonyl (C=O) groups excluding carboxylic acids is 1. The number of hydrogen-bond acceptors (Lipinski definition) is 6. The van der Waals surface area contributed by atoms with Gasteiger partial charge in [-0.25, -0.2) is 8.42 Å². The number of carbonyl (C=O) groups is 1. The molecule has 2 heterocycles. The molecule has 10 heteroatoms. The van der Waals surface area contributed by atoms with E-state index in [4.69, 9.17) is 21.1 Å². The third kappa shape index (κ3) is 4.43. The van der Waals surface area contributed by atoms with E-state index < -0.39 is 15.7 Å². The van der Waals surface area contributed by atoms with Gasteiger partial charge in [-0.3, -0.25) is 4.79 Å². The van der Waals surface area contributed by atoms with Crippen LogP contribution in [-0.4, -0.2) is 56.0 Å². The van der Waals surface area contributed by atoms with Crippen LogP contribution in [0.15, 0.2) is 53.5 Å². The van der Waals surface area contributed by atoms with Crippen molar-refractivity contribution < 1.29 is 22.7 Å². The van der Waals surface area contributed by atoms with E-state index in [0.29, 0.717) is 27.4 Å². The molecule has 0 aliphatic carbocycles. The smallest absolute Gasteiger partial charge is 0.285 e. The van der Waals surface area contributed by atoms with Gasteiger partial charge in [0.25, 0.3) is 5.91 Å². The number of amidine groups is 1. The van der Waals surface area contributed by atoms with Gasteiger partial charge in [0.15, 0.2) is 21.6 Å². The third-order valence-corrected chi connectivity index (χ3v) is 8.24. The fourth-order valence-electron chi connectivity index (χ4n) is 3.50. The fourth-order valence-corrected chi connectivity index (χ4v) is 7.59. The van der Waals surface area contributed by atoms with Crippen molar-refractivity contribution in [3.05, 3.63) is 53.6 Å². The highest BCUT2D eigenvalue weighted by atomic mass is 35.5. The van der Waals surface area contributed by atoms with Gasteiger partial charge in [0.05, 0.1) is 30.3 Å². The zero-order valence-corrected chi connectivity index (χ0v) is 18.4. The molecule has 2 saturated heterocycles. The van der Waals surface area contributed by atoms with Crippen LogP contribution in [0.1, 0.15) is 0 Å². The molecule has 2 fully saturated rings. The molecule has 0 bridgehead atoms. The molecule has 2 aliphatic heterocycles. The number of fused-ring (bicyclic) bond motifs is 1. The van der Waals surface area contributed by atoms with Gasteiger partial charge < -0.3 is 14.4 Å². The maximum atomic E-state index is 12.5. The van der Waals surface area contributed by atoms with Crippen molar-refractivity contribution in [3.8, 4) is 11.5 Å². The first kappa shape index (κ1) is 21.0. The number of ether oxygens (including phenoxy) is 2. The maximum Gasteiger partial charge on any atom is 0.285 e. The van der Waals surface area contributed by atoms with Crippen molar-refractivity contribution in [2.75, 3.05) is 30.1 Å². The van der Waals surface area contributed by atoms with E-state index in [0.717, 1.165) is 0 Å². The molecule has 0 unspecified atom stereocenters. The average Bonchev–Trinajstić information content (AvgIpc) is 3.17. The number of sulfone groups is 1. The number of anilines is 1. The minimum atomic E-state index is -3.18. The van der Waals surface area contributed by atoms with Crippen LogP contribution in [0.25, 0.3) is 0 Å². The zero-order valence-electron chi connectivity index (χ0n) is 16.0. The van der Waals surface area contributed by atoms with Gasteiger partial charge in [-0.15, -0.1) is 0 Å². The lowest BCUT2D eigenvalue weighted by atomic mass is 10.2. The lowest BCUT2D eigenvalue weighted by Crippen LogP contribution is -2.38. The molecule has 158 valence electrons. The molecular formula is C20H19ClN2O5S2. The van der Waals surface area contributed by atoms with Gasteiger partial charge in [0.1, 0.15) is 11.5 Å². The number of nitrogens with zero attached hydrogens (tertiary/aromatic N) is 2. The molecule has 2 aromatic carbocycles. The van der Waals surface area contributed by atoms with E-state index in [9.17, 15) is 13.2 Å². The molecule has 7 nitrogen and oxygen atoms in total. The summed E-state index contributed by atoms with van der Waals surface area (Å²) in [6.45, 7) is -0.220. The predicted molar refractivity (Wildman–Crippen MR) is 119 cm³/mol. The zero-order chi connectivity index (χ0) is 21.3. The summed E-state index contributed by atoms with van der Waals surface area (Å²) in [5.74, 6) is 0.644. The van der Waals surface area contributed by atoms with Crippen molar-refractivity contribution in [1.82, 2.24) is 0 Å². The molecule has 0 radical (unpaired) electrons. The Morgan fingerprint density at radius 3 is 2.73 bits per heavy atom. The lowest BCUT2D eigenvalue weighted by Gasteiger charge is -2.26. The molecule has 2 aliphatic rings. The molecule has 0 aromatic heterocycles. The number of rotatable bonds is 5. The first-order valence-electron chi connectivity index (χ1n) is 9.15. The van der Waals surface area contributed by atoms with Crippen LogP contribution in [-0.2, 0) is 14.6 Å². The van der Waals surface area contributed by atoms with E-state index >= 15 is 0 Å². The van der Waals surface area contributed by atoms with Crippen molar-refractivity contribution in [1.29, 1.82) is 0 Å². The second-order valence-electron chi connectivity index (χ2n) is 6.88. The largest absolute Gasteiger partial charge is 0.495 e. The number of benzene rings is 2. The summed E-state index contributed by atoms with van der Waals surface area (Å²) in [5.41, 5.74) is 0.581. The number of thioether (sulfide) groups is 1. The molecule has 0 spiro atoms. The molecule has 30 heavy (non-hydrogen) atoms. The number of methoxy groups -OCH3 is 1. The van der Waals surface area contributed by atoms with E-state index in [2.05, 4.69) is 4.99 Å². The van der Waals surface area contributed by atoms with E-state index in [1.807, 2.05) is 18.2 Å². The Labute approximate surface area is 183 Å². The Balaban J connectivity index is 1.64. The Hall–Kier alpha value is -2.23. The highest BCUT2D eigenvalue weighted by molar-refractivity contribution is 8.16. The normalized spacial score (nSPS) is 23.4. The topological polar surface area (TPSA) is 85.3 Å². The summed E-state index contributed by atoms with van der Waals surface area (Å²) in [6.07, 6.45) is 0. The van der Waals surface area contributed by atoms with Crippen LogP contribution in [0, 0.1) is 0 Å². The average molecular weight is 467 g/mol. The standard InChI is InChI=1S/C20H19ClN2O5S2/c1-27-17-8-7-13(21)9-15(17)23-16-11-30(25,26)12-18(16)29-20(23)22-19(24)10-28-14-5-3-2-4-6-14/h2-9,16,18H,10-12H2,1H3/t16-,18-/m1/s1. The summed E-state index contributed by atoms with van der Waals surface area (Å²) in [6, 6.07) is 13.7. The molecule has 4 rings (SSSR count). The first-order valence-corrected chi connectivity index (χ1v) is 12.2. The first-order chi connectivity index (χ1) is 14.4. The second-order valence-corrected chi connectivity index (χ2v) is 10.7. The molecule has 2 atom stereocenters. The van der Waals surface area contributed by atoms with Gasteiger partial charge in [0, 0.05) is 10.3 Å². The Kier molecular flexibility index (Phi) is 5.95. The molecule has 2 aromatic rings. The van der Waals surface area contributed by atoms with Gasteiger partial charge in [-0.05, 0) is 30.3 Å². The van der Waals surface area contributed by atoms with Crippen molar-refractivity contribution in [2.24, 2.45) is 4.99 Å². The summed E-state index contributed by atoms with van der Waals surface area (Å²) >= 11 is 7.47. The molecule has 1 amide bonds. The maximum absolute atomic E-state index is 12.5. The van der Waals surface area contributed by atoms with Crippen LogP contribution in [0.4, 0.5) is 5.69 Å². The highest BCUT2D eigenvalue weighted by Crippen LogP contribution is 2.44. The van der Waals surface area contributed by atoms with Crippen molar-refractivity contribution >= 4 is 50.0 Å². The SMILES string of the molecule is COc1ccc(Cl)cc1N1C(=NC(=O)COc2ccccc2)S[C@@H]2CS(=O)(=O)C[C@H]21. The number of amides is 1. The number of hydrogen-bond donors (Lipinski definition) is 0. The van der Waals surface area contributed by atoms with E-state index in [1.165, 1.54) is 18.9 Å². The van der Waals surface area contributed by atoms with Crippen LogP contribution < -0.4 is 14.4 Å². The van der Waals surface area contributed by atoms with Crippen molar-refractivity contribution in [2.45, 2.75) is 11.3 Å². The Bertz CT molecular complexity index is 1090. The minimum absolute atomic E-state index is 0.0198.